The molecule has 0 atom stereocenters. The van der Waals surface area contributed by atoms with Gasteiger partial charge in [-0.15, -0.1) is 10.2 Å². The highest BCUT2D eigenvalue weighted by Gasteiger charge is 2.17. The summed E-state index contributed by atoms with van der Waals surface area (Å²) in [7, 11) is 0. The molecule has 0 saturated heterocycles. The fourth-order valence-corrected chi connectivity index (χ4v) is 3.67. The Balaban J connectivity index is 1.53. The predicted octanol–water partition coefficient (Wildman–Crippen LogP) is 4.48. The molecule has 1 aromatic carbocycles. The third-order valence-corrected chi connectivity index (χ3v) is 5.39. The zero-order chi connectivity index (χ0) is 21.9. The van der Waals surface area contributed by atoms with E-state index < -0.39 is 0 Å². The molecule has 1 amide bonds. The Morgan fingerprint density at radius 1 is 1.06 bits per heavy atom. The fraction of sp³-hybridized carbons (Fsp3) is 0.174. The van der Waals surface area contributed by atoms with Crippen molar-refractivity contribution in [2.75, 3.05) is 11.9 Å². The van der Waals surface area contributed by atoms with E-state index >= 15 is 0 Å². The van der Waals surface area contributed by atoms with Crippen LogP contribution >= 0.6 is 11.6 Å². The van der Waals surface area contributed by atoms with E-state index in [-0.39, 0.29) is 5.91 Å². The Hall–Kier alpha value is -3.78. The molecule has 3 aromatic heterocycles. The Morgan fingerprint density at radius 2 is 1.97 bits per heavy atom. The van der Waals surface area contributed by atoms with E-state index in [1.807, 2.05) is 34.9 Å². The first-order valence-electron chi connectivity index (χ1n) is 10.2. The van der Waals surface area contributed by atoms with Gasteiger partial charge in [0, 0.05) is 18.3 Å². The van der Waals surface area contributed by atoms with Crippen LogP contribution in [-0.4, -0.2) is 37.2 Å². The number of anilines is 1. The first-order chi connectivity index (χ1) is 15.7. The molecule has 32 heavy (non-hydrogen) atoms. The average molecular weight is 447 g/mol. The van der Waals surface area contributed by atoms with Gasteiger partial charge in [-0.1, -0.05) is 23.7 Å². The van der Waals surface area contributed by atoms with Crippen LogP contribution < -0.4 is 10.1 Å². The lowest BCUT2D eigenvalue weighted by Crippen LogP contribution is -2.16. The number of rotatable bonds is 1. The number of pyridine rings is 2. The molecule has 8 nitrogen and oxygen atoms in total. The van der Waals surface area contributed by atoms with Gasteiger partial charge in [0.05, 0.1) is 12.2 Å². The molecule has 0 unspecified atom stereocenters. The highest BCUT2D eigenvalue weighted by Crippen LogP contribution is 2.28. The summed E-state index contributed by atoms with van der Waals surface area (Å²) >= 11 is 5.91. The van der Waals surface area contributed by atoms with Crippen molar-refractivity contribution in [3.05, 3.63) is 71.8 Å². The van der Waals surface area contributed by atoms with Crippen LogP contribution in [0, 0.1) is 0 Å². The number of hydrogen-bond donors (Lipinski definition) is 1. The zero-order valence-corrected chi connectivity index (χ0v) is 17.8. The summed E-state index contributed by atoms with van der Waals surface area (Å²) in [5, 5.41) is 11.5. The second kappa shape index (κ2) is 8.76. The van der Waals surface area contributed by atoms with Crippen LogP contribution in [0.15, 0.2) is 61.1 Å². The van der Waals surface area contributed by atoms with E-state index in [2.05, 4.69) is 25.5 Å². The van der Waals surface area contributed by atoms with Gasteiger partial charge in [-0.2, -0.15) is 0 Å². The highest BCUT2D eigenvalue weighted by atomic mass is 35.5. The summed E-state index contributed by atoms with van der Waals surface area (Å²) < 4.78 is 7.94. The maximum absolute atomic E-state index is 13.2. The number of aryl methyl sites for hydroxylation is 1. The number of carbonyl (C=O) groups is 1. The fourth-order valence-electron chi connectivity index (χ4n) is 3.56. The van der Waals surface area contributed by atoms with E-state index in [4.69, 9.17) is 16.3 Å². The molecule has 0 spiro atoms. The summed E-state index contributed by atoms with van der Waals surface area (Å²) in [6.45, 7) is 1.24. The van der Waals surface area contributed by atoms with Crippen molar-refractivity contribution in [1.29, 1.82) is 0 Å². The zero-order valence-electron chi connectivity index (χ0n) is 17.0. The Morgan fingerprint density at radius 3 is 2.84 bits per heavy atom. The van der Waals surface area contributed by atoms with Crippen molar-refractivity contribution in [3.63, 3.8) is 0 Å². The summed E-state index contributed by atoms with van der Waals surface area (Å²) in [4.78, 5) is 21.9. The SMILES string of the molecule is O=C1Nc2cccc(n2)-c2nncn2CCCCOc2ccc(-c3ccc(Cl)nc3)cc21. The topological polar surface area (TPSA) is 94.8 Å². The second-order valence-electron chi connectivity index (χ2n) is 7.35. The predicted molar refractivity (Wildman–Crippen MR) is 121 cm³/mol. The third kappa shape index (κ3) is 4.17. The van der Waals surface area contributed by atoms with Crippen LogP contribution in [0.4, 0.5) is 5.82 Å². The molecule has 1 aliphatic rings. The van der Waals surface area contributed by atoms with Gasteiger partial charge in [0.25, 0.3) is 5.91 Å². The molecule has 4 aromatic rings. The monoisotopic (exact) mass is 446 g/mol. The van der Waals surface area contributed by atoms with Gasteiger partial charge >= 0.3 is 0 Å². The summed E-state index contributed by atoms with van der Waals surface area (Å²) in [6.07, 6.45) is 5.06. The van der Waals surface area contributed by atoms with Crippen LogP contribution in [0.1, 0.15) is 23.2 Å². The van der Waals surface area contributed by atoms with Crippen LogP contribution in [0.5, 0.6) is 5.75 Å². The van der Waals surface area contributed by atoms with Gasteiger partial charge in [-0.25, -0.2) is 9.97 Å². The quantitative estimate of drug-likeness (QED) is 0.433. The maximum atomic E-state index is 13.2. The molecule has 2 bridgehead atoms. The minimum Gasteiger partial charge on any atom is -0.493 e. The molecule has 0 aliphatic carbocycles. The van der Waals surface area contributed by atoms with Gasteiger partial charge in [0.2, 0.25) is 0 Å². The first-order valence-corrected chi connectivity index (χ1v) is 10.6. The van der Waals surface area contributed by atoms with Crippen molar-refractivity contribution >= 4 is 23.3 Å². The molecular weight excluding hydrogens is 428 g/mol. The number of fused-ring (bicyclic) bond motifs is 5. The van der Waals surface area contributed by atoms with E-state index in [0.717, 1.165) is 30.5 Å². The normalized spacial score (nSPS) is 13.8. The van der Waals surface area contributed by atoms with Crippen molar-refractivity contribution < 1.29 is 9.53 Å². The smallest absolute Gasteiger partial charge is 0.260 e. The number of ether oxygens (including phenoxy) is 1. The summed E-state index contributed by atoms with van der Waals surface area (Å²) in [5.74, 6) is 1.29. The second-order valence-corrected chi connectivity index (χ2v) is 7.73. The van der Waals surface area contributed by atoms with Crippen LogP contribution in [0.25, 0.3) is 22.6 Å². The van der Waals surface area contributed by atoms with E-state index in [9.17, 15) is 4.79 Å². The molecule has 1 aliphatic heterocycles. The number of hydrogen-bond acceptors (Lipinski definition) is 6. The van der Waals surface area contributed by atoms with Crippen LogP contribution in [-0.2, 0) is 6.54 Å². The lowest BCUT2D eigenvalue weighted by molar-refractivity contribution is 0.102. The molecule has 0 saturated carbocycles. The summed E-state index contributed by atoms with van der Waals surface area (Å²) in [6, 6.07) is 14.5. The van der Waals surface area contributed by atoms with Crippen molar-refractivity contribution in [1.82, 2.24) is 24.7 Å². The molecular formula is C23H19ClN6O2. The molecule has 0 fully saturated rings. The number of nitrogens with one attached hydrogen (secondary N) is 1. The largest absolute Gasteiger partial charge is 0.493 e. The van der Waals surface area contributed by atoms with E-state index in [1.54, 1.807) is 30.7 Å². The highest BCUT2D eigenvalue weighted by molar-refractivity contribution is 6.29. The van der Waals surface area contributed by atoms with Crippen LogP contribution in [0.3, 0.4) is 0 Å². The average Bonchev–Trinajstić information content (AvgIpc) is 3.28. The molecule has 4 heterocycles. The Labute approximate surface area is 189 Å². The number of halogens is 1. The Bertz CT molecular complexity index is 1270. The van der Waals surface area contributed by atoms with Crippen molar-refractivity contribution in [2.24, 2.45) is 0 Å². The maximum Gasteiger partial charge on any atom is 0.260 e. The van der Waals surface area contributed by atoms with Gasteiger partial charge in [0.1, 0.15) is 28.7 Å². The summed E-state index contributed by atoms with van der Waals surface area (Å²) in [5.41, 5.74) is 2.76. The number of nitrogens with zero attached hydrogens (tertiary/aromatic N) is 5. The minimum atomic E-state index is -0.313. The van der Waals surface area contributed by atoms with E-state index in [1.165, 1.54) is 0 Å². The Kier molecular flexibility index (Phi) is 5.51. The van der Waals surface area contributed by atoms with Gasteiger partial charge in [-0.3, -0.25) is 4.79 Å². The van der Waals surface area contributed by atoms with E-state index in [0.29, 0.717) is 40.4 Å². The molecule has 1 N–H and O–H groups in total. The number of benzene rings is 1. The number of carbonyl (C=O) groups excluding carboxylic acids is 1. The standard InChI is InChI=1S/C23H19ClN6O2/c24-20-9-7-16(13-25-20)15-6-8-19-17(12-15)23(31)28-21-5-3-4-18(27-21)22-29-26-14-30(22)10-1-2-11-32-19/h3-9,12-14H,1-2,10-11H2,(H,27,28,31). The van der Waals surface area contributed by atoms with Crippen molar-refractivity contribution in [3.8, 4) is 28.4 Å². The van der Waals surface area contributed by atoms with Crippen LogP contribution in [0.2, 0.25) is 5.15 Å². The molecule has 0 radical (unpaired) electrons. The van der Waals surface area contributed by atoms with Crippen molar-refractivity contribution in [2.45, 2.75) is 19.4 Å². The van der Waals surface area contributed by atoms with Gasteiger partial charge < -0.3 is 14.6 Å². The molecule has 9 heteroatoms. The van der Waals surface area contributed by atoms with Gasteiger partial charge in [-0.05, 0) is 54.8 Å². The lowest BCUT2D eigenvalue weighted by Gasteiger charge is -2.15. The first kappa shape index (κ1) is 20.1. The third-order valence-electron chi connectivity index (χ3n) is 5.17. The number of aromatic nitrogens is 5. The lowest BCUT2D eigenvalue weighted by atomic mass is 10.0. The number of amides is 1. The van der Waals surface area contributed by atoms with Gasteiger partial charge in [0.15, 0.2) is 5.82 Å². The molecule has 160 valence electrons. The minimum absolute atomic E-state index is 0.313. The molecule has 5 rings (SSSR count).